The molecule has 13 heavy (non-hydrogen) atoms. The second-order valence-electron chi connectivity index (χ2n) is 3.90. The van der Waals surface area contributed by atoms with Gasteiger partial charge in [-0.15, -0.1) is 0 Å². The molecule has 2 atom stereocenters. The minimum absolute atomic E-state index is 0.00972. The number of carbonyl (C=O) groups is 2. The Morgan fingerprint density at radius 1 is 1.54 bits per heavy atom. The molecule has 0 unspecified atom stereocenters. The Hall–Kier alpha value is -1.12. The standard InChI is InChI=1S/C10H13NO2/c1-6(2)9(12)11-8-5-3-4-7(8)10(11)13/h7-8H,1,3-5H2,2H3/t7-,8+/m1/s1. The monoisotopic (exact) mass is 179 g/mol. The first-order valence-corrected chi connectivity index (χ1v) is 4.66. The summed E-state index contributed by atoms with van der Waals surface area (Å²) >= 11 is 0. The van der Waals surface area contributed by atoms with Crippen molar-refractivity contribution in [3.05, 3.63) is 12.2 Å². The third kappa shape index (κ3) is 1.03. The number of nitrogens with zero attached hydrogens (tertiary/aromatic N) is 1. The van der Waals surface area contributed by atoms with Crippen molar-refractivity contribution in [3.63, 3.8) is 0 Å². The number of hydrogen-bond donors (Lipinski definition) is 0. The first-order chi connectivity index (χ1) is 6.13. The minimum atomic E-state index is -0.187. The molecule has 0 bridgehead atoms. The predicted octanol–water partition coefficient (Wildman–Crippen LogP) is 1.10. The average molecular weight is 179 g/mol. The molecule has 70 valence electrons. The molecule has 0 radical (unpaired) electrons. The highest BCUT2D eigenvalue weighted by Gasteiger charge is 2.52. The van der Waals surface area contributed by atoms with E-state index in [0.29, 0.717) is 5.57 Å². The lowest BCUT2D eigenvalue weighted by atomic mass is 9.90. The number of likely N-dealkylation sites (tertiary alicyclic amines) is 1. The summed E-state index contributed by atoms with van der Waals surface area (Å²) in [6.07, 6.45) is 3.01. The summed E-state index contributed by atoms with van der Waals surface area (Å²) in [4.78, 5) is 24.3. The lowest BCUT2D eigenvalue weighted by molar-refractivity contribution is -0.162. The van der Waals surface area contributed by atoms with Crippen molar-refractivity contribution < 1.29 is 9.59 Å². The zero-order valence-corrected chi connectivity index (χ0v) is 7.75. The van der Waals surface area contributed by atoms with Crippen molar-refractivity contribution in [2.75, 3.05) is 0 Å². The summed E-state index contributed by atoms with van der Waals surface area (Å²) in [5, 5.41) is 0. The molecule has 2 amide bonds. The van der Waals surface area contributed by atoms with Crippen LogP contribution < -0.4 is 0 Å². The molecule has 1 aliphatic heterocycles. The largest absolute Gasteiger partial charge is 0.275 e. The molecule has 2 fully saturated rings. The number of hydrogen-bond acceptors (Lipinski definition) is 2. The van der Waals surface area contributed by atoms with Crippen molar-refractivity contribution in [1.29, 1.82) is 0 Å². The highest BCUT2D eigenvalue weighted by atomic mass is 16.2. The van der Waals surface area contributed by atoms with Crippen LogP contribution in [0.3, 0.4) is 0 Å². The molecule has 3 heteroatoms. The fraction of sp³-hybridized carbons (Fsp3) is 0.600. The first-order valence-electron chi connectivity index (χ1n) is 4.66. The summed E-state index contributed by atoms with van der Waals surface area (Å²) < 4.78 is 0. The Morgan fingerprint density at radius 3 is 2.85 bits per heavy atom. The topological polar surface area (TPSA) is 37.4 Å². The Kier molecular flexibility index (Phi) is 1.75. The molecular weight excluding hydrogens is 166 g/mol. The number of carbonyl (C=O) groups excluding carboxylic acids is 2. The van der Waals surface area contributed by atoms with Gasteiger partial charge in [0.25, 0.3) is 5.91 Å². The Bertz CT molecular complexity index is 295. The van der Waals surface area contributed by atoms with Crippen molar-refractivity contribution in [1.82, 2.24) is 4.90 Å². The average Bonchev–Trinajstić information content (AvgIpc) is 2.48. The Labute approximate surface area is 77.4 Å². The van der Waals surface area contributed by atoms with Gasteiger partial charge in [-0.1, -0.05) is 13.0 Å². The summed E-state index contributed by atoms with van der Waals surface area (Å²) in [6.45, 7) is 5.21. The van der Waals surface area contributed by atoms with E-state index >= 15 is 0 Å². The third-order valence-electron chi connectivity index (χ3n) is 2.95. The summed E-state index contributed by atoms with van der Waals surface area (Å²) in [5.41, 5.74) is 0.457. The first kappa shape index (κ1) is 8.48. The van der Waals surface area contributed by atoms with Gasteiger partial charge in [0, 0.05) is 5.57 Å². The lowest BCUT2D eigenvalue weighted by Crippen LogP contribution is -2.60. The highest BCUT2D eigenvalue weighted by molar-refractivity contribution is 6.08. The van der Waals surface area contributed by atoms with Crippen LogP contribution in [0.4, 0.5) is 0 Å². The summed E-state index contributed by atoms with van der Waals surface area (Å²) in [6, 6.07) is 0.191. The van der Waals surface area contributed by atoms with Gasteiger partial charge in [-0.3, -0.25) is 14.5 Å². The molecule has 1 saturated carbocycles. The molecular formula is C10H13NO2. The van der Waals surface area contributed by atoms with E-state index in [9.17, 15) is 9.59 Å². The van der Waals surface area contributed by atoms with Crippen LogP contribution in [0.1, 0.15) is 26.2 Å². The number of imide groups is 1. The lowest BCUT2D eigenvalue weighted by Gasteiger charge is -2.41. The molecule has 0 aromatic heterocycles. The predicted molar refractivity (Wildman–Crippen MR) is 47.8 cm³/mol. The van der Waals surface area contributed by atoms with Gasteiger partial charge < -0.3 is 0 Å². The zero-order chi connectivity index (χ0) is 9.59. The maximum absolute atomic E-state index is 11.5. The van der Waals surface area contributed by atoms with Crippen LogP contribution in [0.15, 0.2) is 12.2 Å². The number of fused-ring (bicyclic) bond motifs is 1. The third-order valence-corrected chi connectivity index (χ3v) is 2.95. The molecule has 3 nitrogen and oxygen atoms in total. The molecule has 0 aromatic rings. The zero-order valence-electron chi connectivity index (χ0n) is 7.75. The Balaban J connectivity index is 2.14. The van der Waals surface area contributed by atoms with Crippen molar-refractivity contribution >= 4 is 11.8 Å². The second-order valence-corrected chi connectivity index (χ2v) is 3.90. The number of rotatable bonds is 1. The minimum Gasteiger partial charge on any atom is -0.275 e. The Morgan fingerprint density at radius 2 is 2.23 bits per heavy atom. The van der Waals surface area contributed by atoms with Crippen LogP contribution in [0.2, 0.25) is 0 Å². The van der Waals surface area contributed by atoms with Crippen LogP contribution in [0.5, 0.6) is 0 Å². The van der Waals surface area contributed by atoms with Crippen LogP contribution in [0.25, 0.3) is 0 Å². The molecule has 1 heterocycles. The summed E-state index contributed by atoms with van der Waals surface area (Å²) in [5.74, 6) is -0.0352. The fourth-order valence-electron chi connectivity index (χ4n) is 2.25. The quantitative estimate of drug-likeness (QED) is 0.446. The van der Waals surface area contributed by atoms with Crippen molar-refractivity contribution in [2.24, 2.45) is 5.92 Å². The second kappa shape index (κ2) is 2.69. The SMILES string of the molecule is C=C(C)C(=O)N1C(=O)[C@@H]2CCC[C@@H]21. The molecule has 1 saturated heterocycles. The van der Waals surface area contributed by atoms with Gasteiger partial charge in [-0.05, 0) is 19.8 Å². The molecule has 2 rings (SSSR count). The van der Waals surface area contributed by atoms with Gasteiger partial charge in [-0.2, -0.15) is 0 Å². The van der Waals surface area contributed by atoms with E-state index in [-0.39, 0.29) is 23.8 Å². The maximum Gasteiger partial charge on any atom is 0.255 e. The molecule has 2 aliphatic rings. The van der Waals surface area contributed by atoms with Crippen LogP contribution in [-0.2, 0) is 9.59 Å². The smallest absolute Gasteiger partial charge is 0.255 e. The summed E-state index contributed by atoms with van der Waals surface area (Å²) in [7, 11) is 0. The number of β-lactam (4-membered cyclic amide) rings is 1. The van der Waals surface area contributed by atoms with Gasteiger partial charge >= 0.3 is 0 Å². The van der Waals surface area contributed by atoms with E-state index in [1.165, 1.54) is 4.90 Å². The van der Waals surface area contributed by atoms with E-state index in [1.807, 2.05) is 0 Å². The van der Waals surface area contributed by atoms with Crippen LogP contribution >= 0.6 is 0 Å². The van der Waals surface area contributed by atoms with Gasteiger partial charge in [-0.25, -0.2) is 0 Å². The molecule has 1 aliphatic carbocycles. The van der Waals surface area contributed by atoms with Gasteiger partial charge in [0.2, 0.25) is 5.91 Å². The van der Waals surface area contributed by atoms with E-state index < -0.39 is 0 Å². The molecule has 0 spiro atoms. The molecule has 0 aromatic carbocycles. The van der Waals surface area contributed by atoms with E-state index in [0.717, 1.165) is 19.3 Å². The van der Waals surface area contributed by atoms with E-state index in [2.05, 4.69) is 6.58 Å². The van der Waals surface area contributed by atoms with Crippen LogP contribution in [-0.4, -0.2) is 22.8 Å². The number of amides is 2. The fourth-order valence-corrected chi connectivity index (χ4v) is 2.25. The van der Waals surface area contributed by atoms with Gasteiger partial charge in [0.15, 0.2) is 0 Å². The van der Waals surface area contributed by atoms with E-state index in [1.54, 1.807) is 6.92 Å². The van der Waals surface area contributed by atoms with Gasteiger partial charge in [0.05, 0.1) is 12.0 Å². The van der Waals surface area contributed by atoms with E-state index in [4.69, 9.17) is 0 Å². The molecule has 0 N–H and O–H groups in total. The maximum atomic E-state index is 11.5. The van der Waals surface area contributed by atoms with Gasteiger partial charge in [0.1, 0.15) is 0 Å². The van der Waals surface area contributed by atoms with Crippen molar-refractivity contribution in [2.45, 2.75) is 32.2 Å². The highest BCUT2D eigenvalue weighted by Crippen LogP contribution is 2.40. The normalized spacial score (nSPS) is 31.2. The van der Waals surface area contributed by atoms with Crippen LogP contribution in [0, 0.1) is 5.92 Å². The van der Waals surface area contributed by atoms with Crippen molar-refractivity contribution in [3.8, 4) is 0 Å².